The Balaban J connectivity index is 2.16. The molecule has 1 amide bonds. The molecule has 4 heteroatoms. The van der Waals surface area contributed by atoms with Crippen molar-refractivity contribution in [2.45, 2.75) is 13.8 Å². The number of aryl methyl sites for hydroxylation is 2. The minimum absolute atomic E-state index is 0.139. The topological polar surface area (TPSA) is 46.9 Å². The average molecular weight is 305 g/mol. The van der Waals surface area contributed by atoms with Crippen molar-refractivity contribution in [3.8, 4) is 16.9 Å². The summed E-state index contributed by atoms with van der Waals surface area (Å²) >= 11 is 0. The third-order valence-electron chi connectivity index (χ3n) is 3.99. The van der Waals surface area contributed by atoms with E-state index in [2.05, 4.69) is 36.4 Å². The molecule has 0 fully saturated rings. The maximum atomic E-state index is 12.2. The fourth-order valence-corrected chi connectivity index (χ4v) is 2.49. The van der Waals surface area contributed by atoms with Gasteiger partial charge in [-0.2, -0.15) is 5.10 Å². The zero-order valence-electron chi connectivity index (χ0n) is 13.5. The largest absolute Gasteiger partial charge is 0.355 e. The predicted octanol–water partition coefficient (Wildman–Crippen LogP) is 3.52. The second-order valence-corrected chi connectivity index (χ2v) is 5.55. The quantitative estimate of drug-likeness (QED) is 0.805. The number of benzene rings is 2. The van der Waals surface area contributed by atoms with Crippen LogP contribution in [-0.4, -0.2) is 22.7 Å². The lowest BCUT2D eigenvalue weighted by Gasteiger charge is -2.05. The summed E-state index contributed by atoms with van der Waals surface area (Å²) in [6.45, 7) is 4.13. The van der Waals surface area contributed by atoms with E-state index in [4.69, 9.17) is 0 Å². The number of rotatable bonds is 3. The number of carbonyl (C=O) groups excluding carboxylic acids is 1. The maximum absolute atomic E-state index is 12.2. The zero-order valence-corrected chi connectivity index (χ0v) is 13.5. The summed E-state index contributed by atoms with van der Waals surface area (Å²) in [6.07, 6.45) is 1.78. The van der Waals surface area contributed by atoms with Gasteiger partial charge in [-0.05, 0) is 43.2 Å². The Kier molecular flexibility index (Phi) is 3.98. The van der Waals surface area contributed by atoms with Crippen LogP contribution in [0.15, 0.2) is 54.7 Å². The molecule has 0 saturated heterocycles. The second kappa shape index (κ2) is 6.08. The van der Waals surface area contributed by atoms with Crippen LogP contribution in [-0.2, 0) is 0 Å². The standard InChI is InChI=1S/C19H19N3O/c1-13-9-10-15(11-14(13)2)18-17(19(23)20-3)12-22(21-18)16-7-5-4-6-8-16/h4-12H,1-3H3,(H,20,23). The van der Waals surface area contributed by atoms with Crippen LogP contribution in [0.1, 0.15) is 21.5 Å². The lowest BCUT2D eigenvalue weighted by molar-refractivity contribution is 0.0963. The van der Waals surface area contributed by atoms with E-state index in [0.29, 0.717) is 11.3 Å². The van der Waals surface area contributed by atoms with Gasteiger partial charge in [0.05, 0.1) is 11.3 Å². The highest BCUT2D eigenvalue weighted by molar-refractivity contribution is 5.99. The summed E-state index contributed by atoms with van der Waals surface area (Å²) in [6, 6.07) is 15.9. The number of nitrogens with zero attached hydrogens (tertiary/aromatic N) is 2. The highest BCUT2D eigenvalue weighted by Crippen LogP contribution is 2.25. The van der Waals surface area contributed by atoms with Crippen LogP contribution in [0.25, 0.3) is 16.9 Å². The number of para-hydroxylation sites is 1. The van der Waals surface area contributed by atoms with Crippen molar-refractivity contribution < 1.29 is 4.79 Å². The van der Waals surface area contributed by atoms with E-state index < -0.39 is 0 Å². The molecule has 3 aromatic rings. The Hall–Kier alpha value is -2.88. The van der Waals surface area contributed by atoms with Crippen molar-refractivity contribution in [2.75, 3.05) is 7.05 Å². The predicted molar refractivity (Wildman–Crippen MR) is 91.9 cm³/mol. The Bertz CT molecular complexity index is 850. The number of nitrogens with one attached hydrogen (secondary N) is 1. The lowest BCUT2D eigenvalue weighted by Crippen LogP contribution is -2.18. The Morgan fingerprint density at radius 3 is 2.43 bits per heavy atom. The molecular formula is C19H19N3O. The van der Waals surface area contributed by atoms with Crippen LogP contribution in [0.5, 0.6) is 0 Å². The van der Waals surface area contributed by atoms with Crippen molar-refractivity contribution >= 4 is 5.91 Å². The van der Waals surface area contributed by atoms with Crippen LogP contribution in [0.2, 0.25) is 0 Å². The van der Waals surface area contributed by atoms with Gasteiger partial charge in [-0.15, -0.1) is 0 Å². The van der Waals surface area contributed by atoms with E-state index in [1.54, 1.807) is 17.9 Å². The summed E-state index contributed by atoms with van der Waals surface area (Å²) < 4.78 is 1.75. The van der Waals surface area contributed by atoms with Gasteiger partial charge in [0.1, 0.15) is 5.69 Å². The first-order valence-corrected chi connectivity index (χ1v) is 7.55. The third kappa shape index (κ3) is 2.88. The van der Waals surface area contributed by atoms with Gasteiger partial charge in [0.15, 0.2) is 0 Å². The highest BCUT2D eigenvalue weighted by atomic mass is 16.1. The van der Waals surface area contributed by atoms with Gasteiger partial charge >= 0.3 is 0 Å². The monoisotopic (exact) mass is 305 g/mol. The molecule has 3 rings (SSSR count). The molecule has 1 N–H and O–H groups in total. The molecule has 1 heterocycles. The van der Waals surface area contributed by atoms with Crippen LogP contribution in [0, 0.1) is 13.8 Å². The number of amides is 1. The third-order valence-corrected chi connectivity index (χ3v) is 3.99. The fraction of sp³-hybridized carbons (Fsp3) is 0.158. The Labute approximate surface area is 135 Å². The molecule has 0 unspecified atom stereocenters. The number of hydrogen-bond acceptors (Lipinski definition) is 2. The first-order valence-electron chi connectivity index (χ1n) is 7.55. The molecule has 116 valence electrons. The van der Waals surface area contributed by atoms with E-state index in [9.17, 15) is 4.79 Å². The molecule has 1 aromatic heterocycles. The average Bonchev–Trinajstić information content (AvgIpc) is 3.03. The van der Waals surface area contributed by atoms with Gasteiger partial charge < -0.3 is 5.32 Å². The number of carbonyl (C=O) groups is 1. The van der Waals surface area contributed by atoms with Crippen molar-refractivity contribution in [1.82, 2.24) is 15.1 Å². The molecular weight excluding hydrogens is 286 g/mol. The van der Waals surface area contributed by atoms with Crippen LogP contribution >= 0.6 is 0 Å². The van der Waals surface area contributed by atoms with Crippen molar-refractivity contribution in [3.63, 3.8) is 0 Å². The van der Waals surface area contributed by atoms with E-state index in [1.807, 2.05) is 36.4 Å². The summed E-state index contributed by atoms with van der Waals surface area (Å²) in [5.41, 5.74) is 5.53. The van der Waals surface area contributed by atoms with E-state index >= 15 is 0 Å². The highest BCUT2D eigenvalue weighted by Gasteiger charge is 2.18. The smallest absolute Gasteiger partial charge is 0.254 e. The SMILES string of the molecule is CNC(=O)c1cn(-c2ccccc2)nc1-c1ccc(C)c(C)c1. The molecule has 4 nitrogen and oxygen atoms in total. The Morgan fingerprint density at radius 1 is 1.04 bits per heavy atom. The van der Waals surface area contributed by atoms with Gasteiger partial charge in [-0.1, -0.05) is 30.3 Å². The molecule has 0 radical (unpaired) electrons. The zero-order chi connectivity index (χ0) is 16.4. The molecule has 23 heavy (non-hydrogen) atoms. The van der Waals surface area contributed by atoms with Gasteiger partial charge in [0, 0.05) is 18.8 Å². The van der Waals surface area contributed by atoms with Gasteiger partial charge in [0.2, 0.25) is 0 Å². The molecule has 0 saturated carbocycles. The van der Waals surface area contributed by atoms with E-state index in [0.717, 1.165) is 11.3 Å². The number of aromatic nitrogens is 2. The fourth-order valence-electron chi connectivity index (χ4n) is 2.49. The minimum Gasteiger partial charge on any atom is -0.355 e. The first kappa shape index (κ1) is 15.0. The van der Waals surface area contributed by atoms with Gasteiger partial charge in [0.25, 0.3) is 5.91 Å². The molecule has 0 aliphatic carbocycles. The molecule has 0 aliphatic heterocycles. The summed E-state index contributed by atoms with van der Waals surface area (Å²) in [7, 11) is 1.63. The van der Waals surface area contributed by atoms with Gasteiger partial charge in [-0.3, -0.25) is 4.79 Å². The first-order chi connectivity index (χ1) is 11.1. The molecule has 2 aromatic carbocycles. The van der Waals surface area contributed by atoms with Gasteiger partial charge in [-0.25, -0.2) is 4.68 Å². The maximum Gasteiger partial charge on any atom is 0.254 e. The van der Waals surface area contributed by atoms with Crippen molar-refractivity contribution in [2.24, 2.45) is 0 Å². The number of hydrogen-bond donors (Lipinski definition) is 1. The molecule has 0 bridgehead atoms. The summed E-state index contributed by atoms with van der Waals surface area (Å²) in [4.78, 5) is 12.2. The van der Waals surface area contributed by atoms with Crippen molar-refractivity contribution in [3.05, 3.63) is 71.4 Å². The normalized spacial score (nSPS) is 10.6. The molecule has 0 aliphatic rings. The van der Waals surface area contributed by atoms with E-state index in [1.165, 1.54) is 11.1 Å². The Morgan fingerprint density at radius 2 is 1.78 bits per heavy atom. The lowest BCUT2D eigenvalue weighted by atomic mass is 10.0. The summed E-state index contributed by atoms with van der Waals surface area (Å²) in [5.74, 6) is -0.139. The summed E-state index contributed by atoms with van der Waals surface area (Å²) in [5, 5.41) is 7.34. The minimum atomic E-state index is -0.139. The second-order valence-electron chi connectivity index (χ2n) is 5.55. The van der Waals surface area contributed by atoms with Crippen LogP contribution < -0.4 is 5.32 Å². The molecule has 0 spiro atoms. The van der Waals surface area contributed by atoms with Crippen LogP contribution in [0.4, 0.5) is 0 Å². The molecule has 0 atom stereocenters. The van der Waals surface area contributed by atoms with Crippen LogP contribution in [0.3, 0.4) is 0 Å². The van der Waals surface area contributed by atoms with E-state index in [-0.39, 0.29) is 5.91 Å². The van der Waals surface area contributed by atoms with Crippen molar-refractivity contribution in [1.29, 1.82) is 0 Å².